The first kappa shape index (κ1) is 11.4. The average Bonchev–Trinajstić information content (AvgIpc) is 1.97. The van der Waals surface area contributed by atoms with Crippen molar-refractivity contribution in [2.75, 3.05) is 0 Å². The molecule has 1 aromatic heterocycles. The molecule has 7 heteroatoms. The van der Waals surface area contributed by atoms with Gasteiger partial charge in [0, 0.05) is 5.69 Å². The van der Waals surface area contributed by atoms with E-state index < -0.39 is 10.3 Å². The molecule has 14 heavy (non-hydrogen) atoms. The highest BCUT2D eigenvalue weighted by molar-refractivity contribution is 7.84. The minimum Gasteiger partial charge on any atom is -0.253 e. The SMILES string of the molecule is Cc1cc(COS(N)(=O)=O)cc(Cl)n1. The van der Waals surface area contributed by atoms with E-state index in [1.54, 1.807) is 13.0 Å². The second-order valence-electron chi connectivity index (χ2n) is 2.69. The Kier molecular flexibility index (Phi) is 3.43. The van der Waals surface area contributed by atoms with Crippen LogP contribution in [0, 0.1) is 6.92 Å². The molecule has 0 bridgehead atoms. The van der Waals surface area contributed by atoms with Crippen molar-refractivity contribution >= 4 is 21.9 Å². The summed E-state index contributed by atoms with van der Waals surface area (Å²) in [6.07, 6.45) is 0. The van der Waals surface area contributed by atoms with Crippen molar-refractivity contribution in [1.82, 2.24) is 4.98 Å². The molecule has 0 amide bonds. The van der Waals surface area contributed by atoms with Crippen LogP contribution in [-0.4, -0.2) is 13.4 Å². The smallest absolute Gasteiger partial charge is 0.253 e. The molecular weight excluding hydrogens is 228 g/mol. The molecule has 0 radical (unpaired) electrons. The number of pyridine rings is 1. The van der Waals surface area contributed by atoms with Crippen LogP contribution in [0.1, 0.15) is 11.3 Å². The lowest BCUT2D eigenvalue weighted by Gasteiger charge is -2.02. The molecule has 5 nitrogen and oxygen atoms in total. The van der Waals surface area contributed by atoms with Crippen LogP contribution < -0.4 is 5.14 Å². The molecule has 0 aliphatic heterocycles. The molecule has 0 spiro atoms. The van der Waals surface area contributed by atoms with Crippen LogP contribution in [0.15, 0.2) is 12.1 Å². The Labute approximate surface area is 87.1 Å². The van der Waals surface area contributed by atoms with E-state index in [0.29, 0.717) is 11.3 Å². The minimum absolute atomic E-state index is 0.137. The third kappa shape index (κ3) is 4.01. The van der Waals surface area contributed by atoms with Gasteiger partial charge in [-0.3, -0.25) is 4.18 Å². The fourth-order valence-electron chi connectivity index (χ4n) is 0.929. The van der Waals surface area contributed by atoms with E-state index >= 15 is 0 Å². The standard InChI is InChI=1S/C7H9ClN2O3S/c1-5-2-6(3-7(8)10-5)4-13-14(9,11)12/h2-3H,4H2,1H3,(H2,9,11,12). The van der Waals surface area contributed by atoms with Crippen LogP contribution >= 0.6 is 11.6 Å². The van der Waals surface area contributed by atoms with Gasteiger partial charge in [0.2, 0.25) is 0 Å². The summed E-state index contributed by atoms with van der Waals surface area (Å²) in [5.74, 6) is 0. The Morgan fingerprint density at radius 2 is 2.21 bits per heavy atom. The van der Waals surface area contributed by atoms with E-state index in [1.807, 2.05) is 0 Å². The lowest BCUT2D eigenvalue weighted by molar-refractivity contribution is 0.308. The predicted molar refractivity (Wildman–Crippen MR) is 51.9 cm³/mol. The number of hydrogen-bond donors (Lipinski definition) is 1. The number of nitrogens with zero attached hydrogens (tertiary/aromatic N) is 1. The summed E-state index contributed by atoms with van der Waals surface area (Å²) in [6.45, 7) is 1.61. The van der Waals surface area contributed by atoms with Crippen molar-refractivity contribution in [3.8, 4) is 0 Å². The third-order valence-electron chi connectivity index (χ3n) is 1.37. The normalized spacial score (nSPS) is 11.6. The van der Waals surface area contributed by atoms with Gasteiger partial charge < -0.3 is 0 Å². The molecule has 0 atom stereocenters. The Balaban J connectivity index is 2.78. The van der Waals surface area contributed by atoms with Gasteiger partial charge in [0.05, 0.1) is 6.61 Å². The summed E-state index contributed by atoms with van der Waals surface area (Å²) in [4.78, 5) is 3.91. The topological polar surface area (TPSA) is 82.3 Å². The fraction of sp³-hybridized carbons (Fsp3) is 0.286. The summed E-state index contributed by atoms with van der Waals surface area (Å²) in [6, 6.07) is 3.18. The van der Waals surface area contributed by atoms with Crippen LogP contribution in [0.4, 0.5) is 0 Å². The predicted octanol–water partition coefficient (Wildman–Crippen LogP) is 0.764. The molecule has 0 aliphatic rings. The van der Waals surface area contributed by atoms with E-state index in [9.17, 15) is 8.42 Å². The Morgan fingerprint density at radius 3 is 2.71 bits per heavy atom. The maximum absolute atomic E-state index is 10.5. The second kappa shape index (κ2) is 4.22. The van der Waals surface area contributed by atoms with Crippen molar-refractivity contribution in [1.29, 1.82) is 0 Å². The molecule has 0 fully saturated rings. The molecule has 0 saturated carbocycles. The van der Waals surface area contributed by atoms with Crippen molar-refractivity contribution < 1.29 is 12.6 Å². The van der Waals surface area contributed by atoms with E-state index in [1.165, 1.54) is 6.07 Å². The fourth-order valence-corrected chi connectivity index (χ4v) is 1.50. The first-order valence-electron chi connectivity index (χ1n) is 3.67. The number of halogens is 1. The highest BCUT2D eigenvalue weighted by Gasteiger charge is 2.04. The molecule has 78 valence electrons. The Bertz CT molecular complexity index is 412. The molecule has 1 rings (SSSR count). The molecule has 0 unspecified atom stereocenters. The number of nitrogens with two attached hydrogens (primary N) is 1. The maximum Gasteiger partial charge on any atom is 0.333 e. The Hall–Kier alpha value is -0.690. The molecule has 1 aromatic rings. The zero-order valence-corrected chi connectivity index (χ0v) is 8.97. The highest BCUT2D eigenvalue weighted by atomic mass is 35.5. The van der Waals surface area contributed by atoms with Gasteiger partial charge >= 0.3 is 10.3 Å². The number of aromatic nitrogens is 1. The van der Waals surface area contributed by atoms with Crippen LogP contribution in [0.5, 0.6) is 0 Å². The monoisotopic (exact) mass is 236 g/mol. The van der Waals surface area contributed by atoms with Gasteiger partial charge in [0.15, 0.2) is 0 Å². The summed E-state index contributed by atoms with van der Waals surface area (Å²) in [5, 5.41) is 4.95. The third-order valence-corrected chi connectivity index (χ3v) is 2.01. The van der Waals surface area contributed by atoms with Gasteiger partial charge in [-0.2, -0.15) is 8.42 Å². The van der Waals surface area contributed by atoms with Gasteiger partial charge in [0.25, 0.3) is 0 Å². The summed E-state index contributed by atoms with van der Waals surface area (Å²) in [5.41, 5.74) is 1.29. The van der Waals surface area contributed by atoms with Crippen LogP contribution in [0.3, 0.4) is 0 Å². The van der Waals surface area contributed by atoms with Gasteiger partial charge in [-0.25, -0.2) is 10.1 Å². The quantitative estimate of drug-likeness (QED) is 0.786. The van der Waals surface area contributed by atoms with Gasteiger partial charge in [0.1, 0.15) is 5.15 Å². The van der Waals surface area contributed by atoms with Crippen LogP contribution in [-0.2, 0) is 21.1 Å². The van der Waals surface area contributed by atoms with Crippen molar-refractivity contribution in [3.63, 3.8) is 0 Å². The van der Waals surface area contributed by atoms with E-state index in [4.69, 9.17) is 11.6 Å². The molecule has 0 aromatic carbocycles. The molecule has 1 heterocycles. The lowest BCUT2D eigenvalue weighted by atomic mass is 10.2. The molecule has 0 saturated heterocycles. The van der Waals surface area contributed by atoms with E-state index in [-0.39, 0.29) is 11.8 Å². The summed E-state index contributed by atoms with van der Waals surface area (Å²) < 4.78 is 25.4. The summed E-state index contributed by atoms with van der Waals surface area (Å²) >= 11 is 5.65. The van der Waals surface area contributed by atoms with Crippen molar-refractivity contribution in [2.24, 2.45) is 5.14 Å². The molecule has 2 N–H and O–H groups in total. The van der Waals surface area contributed by atoms with Gasteiger partial charge in [-0.15, -0.1) is 0 Å². The number of aryl methyl sites for hydroxylation is 1. The van der Waals surface area contributed by atoms with E-state index in [2.05, 4.69) is 14.3 Å². The van der Waals surface area contributed by atoms with Crippen molar-refractivity contribution in [3.05, 3.63) is 28.5 Å². The molecule has 0 aliphatic carbocycles. The first-order chi connectivity index (χ1) is 6.37. The maximum atomic E-state index is 10.5. The number of rotatable bonds is 3. The van der Waals surface area contributed by atoms with Crippen molar-refractivity contribution in [2.45, 2.75) is 13.5 Å². The van der Waals surface area contributed by atoms with Crippen LogP contribution in [0.2, 0.25) is 5.15 Å². The average molecular weight is 237 g/mol. The first-order valence-corrected chi connectivity index (χ1v) is 5.52. The highest BCUT2D eigenvalue weighted by Crippen LogP contribution is 2.11. The Morgan fingerprint density at radius 1 is 1.57 bits per heavy atom. The van der Waals surface area contributed by atoms with Gasteiger partial charge in [-0.05, 0) is 24.6 Å². The summed E-state index contributed by atoms with van der Waals surface area (Å²) in [7, 11) is -3.91. The van der Waals surface area contributed by atoms with E-state index in [0.717, 1.165) is 0 Å². The molecular formula is C7H9ClN2O3S. The largest absolute Gasteiger partial charge is 0.333 e. The van der Waals surface area contributed by atoms with Crippen LogP contribution in [0.25, 0.3) is 0 Å². The van der Waals surface area contributed by atoms with Gasteiger partial charge in [-0.1, -0.05) is 11.6 Å². The lowest BCUT2D eigenvalue weighted by Crippen LogP contribution is -2.15. The zero-order chi connectivity index (χ0) is 10.8. The zero-order valence-electron chi connectivity index (χ0n) is 7.40. The second-order valence-corrected chi connectivity index (χ2v) is 4.30. The number of hydrogen-bond acceptors (Lipinski definition) is 4. The minimum atomic E-state index is -3.91.